The molecule has 0 spiro atoms. The quantitative estimate of drug-likeness (QED) is 0.131. The standard InChI is InChI=1S/C40H36F2N2O5/c41-31-15-11-29(12-16-31)37(45)24-23-35(39(46)44-36(26-49-40(44)47)28-9-5-2-6-10-28)38(43-33-19-17-32(42)18-20-33)30-13-21-34(22-14-30)48-25-27-7-3-1-4-8-27/h1-22,35-38,43,45H,23-26H2/t35-,36-,37-,38-/m0/s1. The zero-order valence-electron chi connectivity index (χ0n) is 26.6. The van der Waals surface area contributed by atoms with Gasteiger partial charge in [0.05, 0.1) is 18.1 Å². The van der Waals surface area contributed by atoms with E-state index in [1.807, 2.05) is 84.9 Å². The number of imide groups is 1. The molecule has 1 aliphatic rings. The average molecular weight is 663 g/mol. The van der Waals surface area contributed by atoms with Crippen LogP contribution in [0.5, 0.6) is 5.75 Å². The summed E-state index contributed by atoms with van der Waals surface area (Å²) >= 11 is 0. The van der Waals surface area contributed by atoms with Crippen molar-refractivity contribution < 1.29 is 33.0 Å². The Hall–Kier alpha value is -5.54. The van der Waals surface area contributed by atoms with Crippen LogP contribution in [-0.2, 0) is 16.1 Å². The second-order valence-electron chi connectivity index (χ2n) is 11.9. The van der Waals surface area contributed by atoms with Crippen LogP contribution < -0.4 is 10.1 Å². The van der Waals surface area contributed by atoms with Crippen LogP contribution in [0.1, 0.15) is 53.3 Å². The number of ether oxygens (including phenoxy) is 2. The first-order valence-electron chi connectivity index (χ1n) is 16.1. The molecule has 7 nitrogen and oxygen atoms in total. The highest BCUT2D eigenvalue weighted by molar-refractivity contribution is 5.95. The Morgan fingerprint density at radius 3 is 2.04 bits per heavy atom. The van der Waals surface area contributed by atoms with Crippen LogP contribution in [0.3, 0.4) is 0 Å². The number of halogens is 2. The molecule has 6 rings (SSSR count). The highest BCUT2D eigenvalue weighted by atomic mass is 19.1. The number of cyclic esters (lactones) is 1. The Labute approximate surface area is 283 Å². The van der Waals surface area contributed by atoms with Gasteiger partial charge in [-0.1, -0.05) is 84.9 Å². The predicted octanol–water partition coefficient (Wildman–Crippen LogP) is 8.55. The lowest BCUT2D eigenvalue weighted by atomic mass is 9.85. The first-order valence-corrected chi connectivity index (χ1v) is 16.1. The molecule has 0 radical (unpaired) electrons. The molecule has 1 fully saturated rings. The third kappa shape index (κ3) is 8.31. The molecule has 5 aromatic rings. The summed E-state index contributed by atoms with van der Waals surface area (Å²) in [4.78, 5) is 29.0. The fraction of sp³-hybridized carbons (Fsp3) is 0.200. The summed E-state index contributed by atoms with van der Waals surface area (Å²) in [6, 6.07) is 36.2. The minimum Gasteiger partial charge on any atom is -0.489 e. The maximum Gasteiger partial charge on any atom is 0.417 e. The monoisotopic (exact) mass is 662 g/mol. The van der Waals surface area contributed by atoms with Crippen LogP contribution >= 0.6 is 0 Å². The molecule has 1 saturated heterocycles. The van der Waals surface area contributed by atoms with Crippen molar-refractivity contribution >= 4 is 17.7 Å². The zero-order valence-corrected chi connectivity index (χ0v) is 26.6. The van der Waals surface area contributed by atoms with Gasteiger partial charge in [0.25, 0.3) is 0 Å². The summed E-state index contributed by atoms with van der Waals surface area (Å²) in [5.74, 6) is -1.62. The van der Waals surface area contributed by atoms with E-state index in [9.17, 15) is 23.5 Å². The lowest BCUT2D eigenvalue weighted by molar-refractivity contribution is -0.134. The molecule has 0 unspecified atom stereocenters. The highest BCUT2D eigenvalue weighted by Crippen LogP contribution is 2.38. The second kappa shape index (κ2) is 15.6. The highest BCUT2D eigenvalue weighted by Gasteiger charge is 2.44. The smallest absolute Gasteiger partial charge is 0.417 e. The summed E-state index contributed by atoms with van der Waals surface area (Å²) in [6.45, 7) is 0.376. The third-order valence-corrected chi connectivity index (χ3v) is 8.67. The zero-order chi connectivity index (χ0) is 34.2. The molecule has 5 aromatic carbocycles. The molecule has 0 saturated carbocycles. The van der Waals surface area contributed by atoms with Crippen molar-refractivity contribution in [2.45, 2.75) is 37.6 Å². The maximum atomic E-state index is 14.7. The Balaban J connectivity index is 1.34. The van der Waals surface area contributed by atoms with Gasteiger partial charge in [0, 0.05) is 5.69 Å². The number of anilines is 1. The second-order valence-corrected chi connectivity index (χ2v) is 11.9. The van der Waals surface area contributed by atoms with Crippen LogP contribution in [0.25, 0.3) is 0 Å². The fourth-order valence-electron chi connectivity index (χ4n) is 6.04. The van der Waals surface area contributed by atoms with Crippen LogP contribution in [-0.4, -0.2) is 28.6 Å². The largest absolute Gasteiger partial charge is 0.489 e. The molecule has 250 valence electrons. The van der Waals surface area contributed by atoms with E-state index in [2.05, 4.69) is 5.32 Å². The Kier molecular flexibility index (Phi) is 10.6. The van der Waals surface area contributed by atoms with Crippen LogP contribution in [0.2, 0.25) is 0 Å². The fourth-order valence-corrected chi connectivity index (χ4v) is 6.04. The van der Waals surface area contributed by atoms with Crippen molar-refractivity contribution in [3.05, 3.63) is 167 Å². The lowest BCUT2D eigenvalue weighted by Gasteiger charge is -2.32. The number of carbonyl (C=O) groups excluding carboxylic acids is 2. The average Bonchev–Trinajstić information content (AvgIpc) is 3.53. The molecule has 1 aliphatic heterocycles. The Bertz CT molecular complexity index is 1820. The van der Waals surface area contributed by atoms with Crippen molar-refractivity contribution in [3.8, 4) is 5.75 Å². The summed E-state index contributed by atoms with van der Waals surface area (Å²) in [5.41, 5.74) is 3.51. The number of carbonyl (C=O) groups is 2. The van der Waals surface area contributed by atoms with Crippen molar-refractivity contribution in [3.63, 3.8) is 0 Å². The number of amides is 2. The Morgan fingerprint density at radius 2 is 1.39 bits per heavy atom. The number of hydrogen-bond acceptors (Lipinski definition) is 6. The summed E-state index contributed by atoms with van der Waals surface area (Å²) < 4.78 is 39.0. The molecule has 49 heavy (non-hydrogen) atoms. The van der Waals surface area contributed by atoms with E-state index < -0.39 is 47.7 Å². The number of rotatable bonds is 13. The molecule has 9 heteroatoms. The van der Waals surface area contributed by atoms with Gasteiger partial charge in [-0.2, -0.15) is 0 Å². The van der Waals surface area contributed by atoms with E-state index in [4.69, 9.17) is 9.47 Å². The predicted molar refractivity (Wildman–Crippen MR) is 181 cm³/mol. The number of hydrogen-bond donors (Lipinski definition) is 2. The van der Waals surface area contributed by atoms with Crippen molar-refractivity contribution in [2.75, 3.05) is 11.9 Å². The van der Waals surface area contributed by atoms with E-state index in [0.29, 0.717) is 29.2 Å². The molecule has 2 N–H and O–H groups in total. The molecule has 0 bridgehead atoms. The van der Waals surface area contributed by atoms with Gasteiger partial charge in [-0.25, -0.2) is 18.5 Å². The van der Waals surface area contributed by atoms with E-state index in [-0.39, 0.29) is 19.4 Å². The summed E-state index contributed by atoms with van der Waals surface area (Å²) in [6.07, 6.45) is -1.51. The van der Waals surface area contributed by atoms with Gasteiger partial charge in [-0.15, -0.1) is 0 Å². The third-order valence-electron chi connectivity index (χ3n) is 8.67. The number of aliphatic hydroxyl groups excluding tert-OH is 1. The lowest BCUT2D eigenvalue weighted by Crippen LogP contribution is -2.42. The molecule has 0 aromatic heterocycles. The van der Waals surface area contributed by atoms with Crippen molar-refractivity contribution in [1.29, 1.82) is 0 Å². The van der Waals surface area contributed by atoms with Crippen molar-refractivity contribution in [1.82, 2.24) is 4.90 Å². The van der Waals surface area contributed by atoms with Gasteiger partial charge in [-0.3, -0.25) is 4.79 Å². The van der Waals surface area contributed by atoms with Crippen LogP contribution in [0.4, 0.5) is 19.3 Å². The molecular formula is C40H36F2N2O5. The number of benzene rings is 5. The SMILES string of the molecule is O=C1OC[C@@H](c2ccccc2)N1C(=O)[C@@H](CC[C@H](O)c1ccc(F)cc1)[C@@H](Nc1ccc(F)cc1)c1ccc(OCc2ccccc2)cc1. The van der Waals surface area contributed by atoms with E-state index in [1.54, 1.807) is 12.1 Å². The summed E-state index contributed by atoms with van der Waals surface area (Å²) in [7, 11) is 0. The van der Waals surface area contributed by atoms with Gasteiger partial charge in [0.2, 0.25) is 5.91 Å². The number of nitrogens with zero attached hydrogens (tertiary/aromatic N) is 1. The molecule has 4 atom stereocenters. The topological polar surface area (TPSA) is 88.1 Å². The van der Waals surface area contributed by atoms with E-state index >= 15 is 0 Å². The minimum atomic E-state index is -1.01. The van der Waals surface area contributed by atoms with Gasteiger partial charge < -0.3 is 19.9 Å². The Morgan fingerprint density at radius 1 is 0.796 bits per heavy atom. The molecule has 1 heterocycles. The minimum absolute atomic E-state index is 0.00299. The maximum absolute atomic E-state index is 14.7. The molecular weight excluding hydrogens is 626 g/mol. The summed E-state index contributed by atoms with van der Waals surface area (Å²) in [5, 5.41) is 14.5. The van der Waals surface area contributed by atoms with Crippen LogP contribution in [0.15, 0.2) is 133 Å². The van der Waals surface area contributed by atoms with Gasteiger partial charge >= 0.3 is 6.09 Å². The van der Waals surface area contributed by atoms with Crippen LogP contribution in [0, 0.1) is 17.6 Å². The van der Waals surface area contributed by atoms with Gasteiger partial charge in [0.1, 0.15) is 36.6 Å². The normalized spacial score (nSPS) is 16.0. The van der Waals surface area contributed by atoms with E-state index in [0.717, 1.165) is 16.0 Å². The number of nitrogens with one attached hydrogen (secondary N) is 1. The first kappa shape index (κ1) is 33.4. The molecule has 0 aliphatic carbocycles. The van der Waals surface area contributed by atoms with Gasteiger partial charge in [-0.05, 0) is 83.6 Å². The van der Waals surface area contributed by atoms with Gasteiger partial charge in [0.15, 0.2) is 0 Å². The first-order chi connectivity index (χ1) is 23.9. The van der Waals surface area contributed by atoms with E-state index in [1.165, 1.54) is 36.4 Å². The van der Waals surface area contributed by atoms with Crippen molar-refractivity contribution in [2.24, 2.45) is 5.92 Å². The molecule has 2 amide bonds. The number of aliphatic hydroxyl groups is 1.